The van der Waals surface area contributed by atoms with E-state index in [0.29, 0.717) is 11.8 Å². The van der Waals surface area contributed by atoms with E-state index in [0.717, 1.165) is 39.0 Å². The molecular formula is C12H23N2O+. The molecule has 0 aromatic rings. The number of rotatable bonds is 1. The molecule has 0 aromatic carbocycles. The van der Waals surface area contributed by atoms with Crippen LogP contribution in [0.4, 0.5) is 0 Å². The molecule has 2 aliphatic rings. The van der Waals surface area contributed by atoms with Crippen LogP contribution in [0.5, 0.6) is 0 Å². The molecule has 0 unspecified atom stereocenters. The number of likely N-dealkylation sites (tertiary alicyclic amines) is 1. The number of nitrogens with zero attached hydrogens (tertiary/aromatic N) is 1. The van der Waals surface area contributed by atoms with Gasteiger partial charge >= 0.3 is 0 Å². The molecule has 0 aromatic heterocycles. The normalized spacial score (nSPS) is 24.9. The van der Waals surface area contributed by atoms with Crippen molar-refractivity contribution in [1.82, 2.24) is 4.90 Å². The van der Waals surface area contributed by atoms with Gasteiger partial charge in [-0.15, -0.1) is 0 Å². The summed E-state index contributed by atoms with van der Waals surface area (Å²) in [5.41, 5.74) is 0. The van der Waals surface area contributed by atoms with Gasteiger partial charge in [0.2, 0.25) is 5.91 Å². The Labute approximate surface area is 92.2 Å². The van der Waals surface area contributed by atoms with Crippen molar-refractivity contribution in [3.05, 3.63) is 0 Å². The second-order valence-electron chi connectivity index (χ2n) is 4.88. The van der Waals surface area contributed by atoms with E-state index in [2.05, 4.69) is 10.2 Å². The molecule has 2 N–H and O–H groups in total. The molecule has 2 rings (SSSR count). The molecule has 1 amide bonds. The van der Waals surface area contributed by atoms with E-state index < -0.39 is 0 Å². The minimum absolute atomic E-state index is 0.341. The van der Waals surface area contributed by atoms with Crippen molar-refractivity contribution in [2.24, 2.45) is 5.92 Å². The van der Waals surface area contributed by atoms with Gasteiger partial charge in [0, 0.05) is 31.8 Å². The molecule has 86 valence electrons. The maximum atomic E-state index is 12.2. The molecule has 0 saturated carbocycles. The van der Waals surface area contributed by atoms with Crippen LogP contribution in [0.3, 0.4) is 0 Å². The first-order valence-electron chi connectivity index (χ1n) is 6.48. The van der Waals surface area contributed by atoms with Crippen molar-refractivity contribution in [3.63, 3.8) is 0 Å². The number of nitrogens with two attached hydrogens (primary N) is 1. The van der Waals surface area contributed by atoms with E-state index in [1.54, 1.807) is 0 Å². The topological polar surface area (TPSA) is 36.9 Å². The fourth-order valence-corrected chi connectivity index (χ4v) is 2.72. The zero-order chi connectivity index (χ0) is 10.5. The lowest BCUT2D eigenvalue weighted by Gasteiger charge is -2.27. The van der Waals surface area contributed by atoms with Crippen LogP contribution in [0.2, 0.25) is 0 Å². The summed E-state index contributed by atoms with van der Waals surface area (Å²) in [6.45, 7) is 4.31. The summed E-state index contributed by atoms with van der Waals surface area (Å²) in [6, 6.07) is 0. The first-order chi connectivity index (χ1) is 7.38. The second kappa shape index (κ2) is 5.50. The quantitative estimate of drug-likeness (QED) is 0.668. The molecular weight excluding hydrogens is 188 g/mol. The van der Waals surface area contributed by atoms with E-state index >= 15 is 0 Å². The molecule has 2 aliphatic heterocycles. The van der Waals surface area contributed by atoms with Gasteiger partial charge in [-0.25, -0.2) is 0 Å². The van der Waals surface area contributed by atoms with Gasteiger partial charge < -0.3 is 10.2 Å². The maximum Gasteiger partial charge on any atom is 0.226 e. The highest BCUT2D eigenvalue weighted by Crippen LogP contribution is 2.17. The third kappa shape index (κ3) is 2.94. The highest BCUT2D eigenvalue weighted by Gasteiger charge is 2.27. The Morgan fingerprint density at radius 1 is 1.00 bits per heavy atom. The molecule has 2 fully saturated rings. The first kappa shape index (κ1) is 10.9. The number of hydrogen-bond acceptors (Lipinski definition) is 1. The number of quaternary nitrogens is 1. The van der Waals surface area contributed by atoms with Gasteiger partial charge in [-0.05, 0) is 12.8 Å². The predicted octanol–water partition coefficient (Wildman–Crippen LogP) is 0.362. The van der Waals surface area contributed by atoms with Gasteiger partial charge in [-0.1, -0.05) is 12.8 Å². The number of carbonyl (C=O) groups excluding carboxylic acids is 1. The van der Waals surface area contributed by atoms with E-state index in [4.69, 9.17) is 0 Å². The Kier molecular flexibility index (Phi) is 4.01. The minimum Gasteiger partial charge on any atom is -0.346 e. The summed E-state index contributed by atoms with van der Waals surface area (Å²) in [7, 11) is 0. The van der Waals surface area contributed by atoms with E-state index in [-0.39, 0.29) is 0 Å². The summed E-state index contributed by atoms with van der Waals surface area (Å²) in [5, 5.41) is 2.33. The number of piperidine rings is 1. The van der Waals surface area contributed by atoms with Crippen LogP contribution in [0.1, 0.15) is 38.5 Å². The van der Waals surface area contributed by atoms with Gasteiger partial charge in [0.05, 0.1) is 13.1 Å². The largest absolute Gasteiger partial charge is 0.346 e. The smallest absolute Gasteiger partial charge is 0.226 e. The average Bonchev–Trinajstić information content (AvgIpc) is 2.58. The van der Waals surface area contributed by atoms with Crippen LogP contribution in [-0.4, -0.2) is 37.0 Å². The van der Waals surface area contributed by atoms with Crippen molar-refractivity contribution < 1.29 is 10.1 Å². The van der Waals surface area contributed by atoms with Crippen molar-refractivity contribution in [1.29, 1.82) is 0 Å². The third-order valence-electron chi connectivity index (χ3n) is 3.71. The second-order valence-corrected chi connectivity index (χ2v) is 4.88. The highest BCUT2D eigenvalue weighted by atomic mass is 16.2. The lowest BCUT2D eigenvalue weighted by molar-refractivity contribution is -0.664. The van der Waals surface area contributed by atoms with Crippen LogP contribution in [0.25, 0.3) is 0 Å². The molecule has 2 saturated heterocycles. The summed E-state index contributed by atoms with van der Waals surface area (Å²) >= 11 is 0. The number of amides is 1. The Bertz CT molecular complexity index is 204. The lowest BCUT2D eigenvalue weighted by Crippen LogP contribution is -2.86. The molecule has 3 nitrogen and oxygen atoms in total. The number of hydrogen-bond donors (Lipinski definition) is 1. The van der Waals surface area contributed by atoms with Crippen LogP contribution >= 0.6 is 0 Å². The lowest BCUT2D eigenvalue weighted by atomic mass is 9.96. The Morgan fingerprint density at radius 2 is 1.60 bits per heavy atom. The molecule has 2 heterocycles. The van der Waals surface area contributed by atoms with Crippen LogP contribution < -0.4 is 5.32 Å². The molecule has 0 spiro atoms. The standard InChI is InChI=1S/C12H22N2O/c15-12(11-5-7-13-8-6-11)14-9-3-1-2-4-10-14/h11,13H,1-10H2/p+1. The fraction of sp³-hybridized carbons (Fsp3) is 0.917. The molecule has 0 bridgehead atoms. The maximum absolute atomic E-state index is 12.2. The zero-order valence-electron chi connectivity index (χ0n) is 9.58. The Morgan fingerprint density at radius 3 is 2.20 bits per heavy atom. The predicted molar refractivity (Wildman–Crippen MR) is 59.4 cm³/mol. The molecule has 15 heavy (non-hydrogen) atoms. The Balaban J connectivity index is 1.87. The summed E-state index contributed by atoms with van der Waals surface area (Å²) in [4.78, 5) is 14.3. The number of carbonyl (C=O) groups is 1. The first-order valence-corrected chi connectivity index (χ1v) is 6.48. The molecule has 0 atom stereocenters. The van der Waals surface area contributed by atoms with E-state index in [9.17, 15) is 4.79 Å². The zero-order valence-corrected chi connectivity index (χ0v) is 9.58. The fourth-order valence-electron chi connectivity index (χ4n) is 2.72. The highest BCUT2D eigenvalue weighted by molar-refractivity contribution is 5.78. The van der Waals surface area contributed by atoms with Gasteiger partial charge in [-0.2, -0.15) is 0 Å². The monoisotopic (exact) mass is 211 g/mol. The van der Waals surface area contributed by atoms with Crippen LogP contribution in [0, 0.1) is 5.92 Å². The molecule has 0 radical (unpaired) electrons. The molecule has 3 heteroatoms. The summed E-state index contributed by atoms with van der Waals surface area (Å²) < 4.78 is 0. The van der Waals surface area contributed by atoms with Gasteiger partial charge in [0.1, 0.15) is 0 Å². The van der Waals surface area contributed by atoms with Gasteiger partial charge in [0.25, 0.3) is 0 Å². The summed E-state index contributed by atoms with van der Waals surface area (Å²) in [5.74, 6) is 0.790. The van der Waals surface area contributed by atoms with Crippen LogP contribution in [-0.2, 0) is 4.79 Å². The van der Waals surface area contributed by atoms with Gasteiger partial charge in [0.15, 0.2) is 0 Å². The summed E-state index contributed by atoms with van der Waals surface area (Å²) in [6.07, 6.45) is 7.23. The van der Waals surface area contributed by atoms with Gasteiger partial charge in [-0.3, -0.25) is 4.79 Å². The third-order valence-corrected chi connectivity index (χ3v) is 3.71. The average molecular weight is 211 g/mol. The molecule has 0 aliphatic carbocycles. The van der Waals surface area contributed by atoms with Crippen molar-refractivity contribution in [2.45, 2.75) is 38.5 Å². The van der Waals surface area contributed by atoms with Crippen molar-refractivity contribution >= 4 is 5.91 Å². The van der Waals surface area contributed by atoms with Crippen LogP contribution in [0.15, 0.2) is 0 Å². The SMILES string of the molecule is O=C(C1CC[NH2+]CC1)N1CCCCCC1. The van der Waals surface area contributed by atoms with E-state index in [1.807, 2.05) is 0 Å². The van der Waals surface area contributed by atoms with E-state index in [1.165, 1.54) is 25.7 Å². The van der Waals surface area contributed by atoms with Crippen molar-refractivity contribution in [2.75, 3.05) is 26.2 Å². The Hall–Kier alpha value is -0.570. The minimum atomic E-state index is 0.341. The van der Waals surface area contributed by atoms with Crippen molar-refractivity contribution in [3.8, 4) is 0 Å².